The van der Waals surface area contributed by atoms with Crippen molar-refractivity contribution in [3.8, 4) is 5.88 Å². The number of anilines is 1. The molecule has 0 saturated carbocycles. The maximum atomic E-state index is 13.0. The number of nitrogen functional groups attached to an aromatic ring is 1. The number of imidazole rings is 1. The first-order chi connectivity index (χ1) is 14.8. The molecule has 4 rings (SSSR count). The third kappa shape index (κ3) is 3.99. The zero-order valence-corrected chi connectivity index (χ0v) is 18.4. The predicted molar refractivity (Wildman–Crippen MR) is 105 cm³/mol. The lowest BCUT2D eigenvalue weighted by Crippen LogP contribution is -2.37. The van der Waals surface area contributed by atoms with E-state index in [0.29, 0.717) is 11.2 Å². The van der Waals surface area contributed by atoms with E-state index in [1.165, 1.54) is 14.0 Å². The molecule has 4 heterocycles. The second kappa shape index (κ2) is 8.32. The summed E-state index contributed by atoms with van der Waals surface area (Å²) in [5.41, 5.74) is 6.64. The Morgan fingerprint density at radius 2 is 2.23 bits per heavy atom. The van der Waals surface area contributed by atoms with Crippen molar-refractivity contribution in [3.63, 3.8) is 0 Å². The molecule has 2 aliphatic rings. The summed E-state index contributed by atoms with van der Waals surface area (Å²) in [6.45, 7) is 5.09. The van der Waals surface area contributed by atoms with Crippen LogP contribution in [-0.4, -0.2) is 64.1 Å². The van der Waals surface area contributed by atoms with E-state index in [-0.39, 0.29) is 31.0 Å². The second-order valence-electron chi connectivity index (χ2n) is 7.15. The number of fused-ring (bicyclic) bond motifs is 2. The second-order valence-corrected chi connectivity index (χ2v) is 8.73. The van der Waals surface area contributed by atoms with Crippen molar-refractivity contribution in [2.24, 2.45) is 5.92 Å². The number of aromatic nitrogens is 4. The Balaban J connectivity index is 1.55. The molecule has 2 aliphatic heterocycles. The van der Waals surface area contributed by atoms with Gasteiger partial charge >= 0.3 is 13.8 Å². The summed E-state index contributed by atoms with van der Waals surface area (Å²) in [5.74, 6) is -0.672. The molecule has 2 fully saturated rings. The molecule has 0 unspecified atom stereocenters. The normalized spacial score (nSPS) is 31.4. The minimum atomic E-state index is -4.00. The van der Waals surface area contributed by atoms with Gasteiger partial charge < -0.3 is 19.9 Å². The van der Waals surface area contributed by atoms with E-state index in [0.717, 1.165) is 0 Å². The molecule has 0 amide bonds. The number of phosphoric ester groups is 1. The molecule has 2 N–H and O–H groups in total. The highest BCUT2D eigenvalue weighted by Gasteiger charge is 2.53. The molecule has 170 valence electrons. The van der Waals surface area contributed by atoms with Crippen LogP contribution >= 0.6 is 7.82 Å². The van der Waals surface area contributed by atoms with Crippen LogP contribution in [0.25, 0.3) is 11.2 Å². The highest BCUT2D eigenvalue weighted by molar-refractivity contribution is 7.48. The first kappa shape index (κ1) is 21.9. The number of methoxy groups -OCH3 is 1. The Kier molecular flexibility index (Phi) is 5.88. The van der Waals surface area contributed by atoms with E-state index in [4.69, 9.17) is 33.5 Å². The molecule has 13 nitrogen and oxygen atoms in total. The van der Waals surface area contributed by atoms with Crippen LogP contribution < -0.4 is 10.5 Å². The van der Waals surface area contributed by atoms with Crippen LogP contribution in [0.1, 0.15) is 27.0 Å². The fraction of sp³-hybridized carbons (Fsp3) is 0.647. The summed E-state index contributed by atoms with van der Waals surface area (Å²) in [4.78, 5) is 24.4. The average molecular weight is 457 g/mol. The first-order valence-electron chi connectivity index (χ1n) is 9.73. The van der Waals surface area contributed by atoms with E-state index in [2.05, 4.69) is 15.0 Å². The van der Waals surface area contributed by atoms with Crippen molar-refractivity contribution >= 4 is 30.9 Å². The number of ether oxygens (including phenoxy) is 3. The summed E-state index contributed by atoms with van der Waals surface area (Å²) in [6, 6.07) is 0. The molecule has 2 aromatic rings. The molecule has 6 atom stereocenters. The van der Waals surface area contributed by atoms with Gasteiger partial charge in [-0.25, -0.2) is 14.3 Å². The molecule has 31 heavy (non-hydrogen) atoms. The summed E-state index contributed by atoms with van der Waals surface area (Å²) in [7, 11) is -2.54. The number of phosphoric acid groups is 1. The van der Waals surface area contributed by atoms with Gasteiger partial charge in [-0.2, -0.15) is 9.97 Å². The number of nitrogens with zero attached hydrogens (tertiary/aromatic N) is 4. The van der Waals surface area contributed by atoms with Gasteiger partial charge in [0.25, 0.3) is 0 Å². The van der Waals surface area contributed by atoms with Gasteiger partial charge in [-0.1, -0.05) is 6.92 Å². The Bertz CT molecular complexity index is 1030. The van der Waals surface area contributed by atoms with Crippen molar-refractivity contribution in [1.29, 1.82) is 0 Å². The molecule has 0 aliphatic carbocycles. The highest BCUT2D eigenvalue weighted by atomic mass is 31.2. The van der Waals surface area contributed by atoms with Crippen molar-refractivity contribution in [2.75, 3.05) is 26.1 Å². The summed E-state index contributed by atoms with van der Waals surface area (Å²) < 4.78 is 47.1. The zero-order chi connectivity index (χ0) is 22.3. The SMILES string of the molecule is CCOC(=O)[C@H](C)O[P@]1(=O)OC[C@H]2O[C@@H](n3cnc4c(OC)nc(N)nc43)[C@@H](C)[C@@H]2O1. The number of nitrogens with two attached hydrogens (primary N) is 1. The van der Waals surface area contributed by atoms with Crippen LogP contribution in [0.5, 0.6) is 5.88 Å². The van der Waals surface area contributed by atoms with Gasteiger partial charge in [0.15, 0.2) is 17.3 Å². The largest absolute Gasteiger partial charge is 0.479 e. The maximum absolute atomic E-state index is 13.0. The minimum absolute atomic E-state index is 0.0274. The van der Waals surface area contributed by atoms with Crippen LogP contribution in [0, 0.1) is 5.92 Å². The van der Waals surface area contributed by atoms with Gasteiger partial charge in [-0.3, -0.25) is 18.1 Å². The lowest BCUT2D eigenvalue weighted by Gasteiger charge is -2.32. The van der Waals surface area contributed by atoms with Crippen LogP contribution in [-0.2, 0) is 32.4 Å². The van der Waals surface area contributed by atoms with Gasteiger partial charge in [0, 0.05) is 5.92 Å². The molecule has 2 aromatic heterocycles. The quantitative estimate of drug-likeness (QED) is 0.492. The molecule has 0 bridgehead atoms. The van der Waals surface area contributed by atoms with Crippen molar-refractivity contribution in [3.05, 3.63) is 6.33 Å². The Morgan fingerprint density at radius 3 is 2.94 bits per heavy atom. The number of esters is 1. The smallest absolute Gasteiger partial charge is 0.476 e. The molecule has 0 aromatic carbocycles. The third-order valence-corrected chi connectivity index (χ3v) is 6.62. The predicted octanol–water partition coefficient (Wildman–Crippen LogP) is 1.44. The molecule has 14 heteroatoms. The van der Waals surface area contributed by atoms with Crippen LogP contribution in [0.3, 0.4) is 0 Å². The van der Waals surface area contributed by atoms with Crippen molar-refractivity contribution in [1.82, 2.24) is 19.5 Å². The summed E-state index contributed by atoms with van der Waals surface area (Å²) in [6.07, 6.45) is -1.25. The number of carbonyl (C=O) groups is 1. The van der Waals surface area contributed by atoms with Gasteiger partial charge in [-0.15, -0.1) is 0 Å². The lowest BCUT2D eigenvalue weighted by molar-refractivity contribution is -0.152. The Hall–Kier alpha value is -2.31. The molecule has 2 saturated heterocycles. The molecule has 0 spiro atoms. The third-order valence-electron chi connectivity index (χ3n) is 5.08. The van der Waals surface area contributed by atoms with Gasteiger partial charge in [0.2, 0.25) is 11.8 Å². The van der Waals surface area contributed by atoms with Crippen LogP contribution in [0.15, 0.2) is 6.33 Å². The topological polar surface area (TPSA) is 159 Å². The zero-order valence-electron chi connectivity index (χ0n) is 17.5. The standard InChI is InChI=1S/C17H24N5O8P/c1-5-26-16(23)9(3)29-31(24)27-6-10-12(30-31)8(2)15(28-10)22-7-19-11-13(22)20-17(18)21-14(11)25-4/h7-10,12,15H,5-6H2,1-4H3,(H2,18,20,21)/t8-,9-,10+,12-,15+,31-/m0/s1. The molecular weight excluding hydrogens is 433 g/mol. The number of hydrogen-bond donors (Lipinski definition) is 1. The Morgan fingerprint density at radius 1 is 1.45 bits per heavy atom. The molecular formula is C17H24N5O8P. The number of hydrogen-bond acceptors (Lipinski definition) is 12. The lowest BCUT2D eigenvalue weighted by atomic mass is 10.0. The maximum Gasteiger partial charge on any atom is 0.476 e. The van der Waals surface area contributed by atoms with Gasteiger partial charge in [-0.05, 0) is 13.8 Å². The average Bonchev–Trinajstić information content (AvgIpc) is 3.28. The Labute approximate surface area is 177 Å². The van der Waals surface area contributed by atoms with E-state index in [9.17, 15) is 9.36 Å². The number of rotatable bonds is 6. The molecule has 0 radical (unpaired) electrons. The van der Waals surface area contributed by atoms with Crippen LogP contribution in [0.4, 0.5) is 5.95 Å². The van der Waals surface area contributed by atoms with Crippen molar-refractivity contribution < 1.29 is 37.1 Å². The minimum Gasteiger partial charge on any atom is -0.479 e. The van der Waals surface area contributed by atoms with E-state index in [1.807, 2.05) is 6.92 Å². The van der Waals surface area contributed by atoms with E-state index >= 15 is 0 Å². The van der Waals surface area contributed by atoms with Crippen LogP contribution in [0.2, 0.25) is 0 Å². The first-order valence-corrected chi connectivity index (χ1v) is 11.2. The van der Waals surface area contributed by atoms with Gasteiger partial charge in [0.05, 0.1) is 26.7 Å². The van der Waals surface area contributed by atoms with E-state index in [1.54, 1.807) is 17.8 Å². The summed E-state index contributed by atoms with van der Waals surface area (Å²) >= 11 is 0. The monoisotopic (exact) mass is 457 g/mol. The van der Waals surface area contributed by atoms with E-state index < -0.39 is 38.3 Å². The summed E-state index contributed by atoms with van der Waals surface area (Å²) in [5, 5.41) is 0. The highest BCUT2D eigenvalue weighted by Crippen LogP contribution is 2.58. The van der Waals surface area contributed by atoms with Crippen molar-refractivity contribution in [2.45, 2.75) is 45.3 Å². The number of carbonyl (C=O) groups excluding carboxylic acids is 1. The fourth-order valence-corrected chi connectivity index (χ4v) is 5.23. The van der Waals surface area contributed by atoms with Gasteiger partial charge in [0.1, 0.15) is 18.4 Å². The fourth-order valence-electron chi connectivity index (χ4n) is 3.63.